The summed E-state index contributed by atoms with van der Waals surface area (Å²) in [6.07, 6.45) is 6.56. The van der Waals surface area contributed by atoms with E-state index in [0.717, 1.165) is 12.8 Å². The van der Waals surface area contributed by atoms with E-state index in [-0.39, 0.29) is 11.3 Å². The number of allylic oxidation sites excluding steroid dienone is 3. The molecule has 0 heterocycles. The van der Waals surface area contributed by atoms with E-state index in [1.54, 1.807) is 0 Å². The van der Waals surface area contributed by atoms with Gasteiger partial charge in [-0.05, 0) is 58.7 Å². The summed E-state index contributed by atoms with van der Waals surface area (Å²) in [6.45, 7) is 20.6. The van der Waals surface area contributed by atoms with Crippen LogP contribution in [0.2, 0.25) is 18.1 Å². The molecule has 0 bridgehead atoms. The number of rotatable bonds is 9. The fourth-order valence-corrected chi connectivity index (χ4v) is 3.54. The zero-order valence-electron chi connectivity index (χ0n) is 16.6. The van der Waals surface area contributed by atoms with Crippen LogP contribution in [0.5, 0.6) is 0 Å². The molecular weight excluding hydrogens is 415 g/mol. The van der Waals surface area contributed by atoms with Gasteiger partial charge in [0.1, 0.15) is 0 Å². The van der Waals surface area contributed by atoms with Crippen LogP contribution in [0.15, 0.2) is 23.3 Å². The third-order valence-corrected chi connectivity index (χ3v) is 9.40. The van der Waals surface area contributed by atoms with Crippen molar-refractivity contribution in [1.82, 2.24) is 0 Å². The molecule has 0 spiro atoms. The Morgan fingerprint density at radius 1 is 1.13 bits per heavy atom. The molecule has 2 atom stereocenters. The van der Waals surface area contributed by atoms with Crippen LogP contribution >= 0.6 is 22.6 Å². The van der Waals surface area contributed by atoms with Gasteiger partial charge in [0.2, 0.25) is 0 Å². The first-order valence-corrected chi connectivity index (χ1v) is 12.7. The molecule has 0 aliphatic carbocycles. The number of hydrogen-bond donors (Lipinski definition) is 0. The van der Waals surface area contributed by atoms with Crippen molar-refractivity contribution >= 4 is 30.9 Å². The quantitative estimate of drug-likeness (QED) is 0.125. The molecule has 0 aromatic heterocycles. The molecule has 0 amide bonds. The summed E-state index contributed by atoms with van der Waals surface area (Å²) >= 11 is 2.40. The lowest BCUT2D eigenvalue weighted by atomic mass is 10.1. The number of hydrogen-bond acceptors (Lipinski definition) is 2. The lowest BCUT2D eigenvalue weighted by molar-refractivity contribution is -0.0725. The molecule has 23 heavy (non-hydrogen) atoms. The number of halogens is 1. The van der Waals surface area contributed by atoms with Crippen LogP contribution in [0.4, 0.5) is 0 Å². The van der Waals surface area contributed by atoms with Gasteiger partial charge in [-0.25, -0.2) is 0 Å². The Hall–Kier alpha value is 0.347. The highest BCUT2D eigenvalue weighted by Crippen LogP contribution is 2.38. The molecular formula is C19H37IO2Si. The summed E-state index contributed by atoms with van der Waals surface area (Å²) in [4.78, 5) is 0. The highest BCUT2D eigenvalue weighted by Gasteiger charge is 2.40. The summed E-state index contributed by atoms with van der Waals surface area (Å²) in [5.41, 5.74) is 2.77. The van der Waals surface area contributed by atoms with Gasteiger partial charge >= 0.3 is 0 Å². The van der Waals surface area contributed by atoms with Gasteiger partial charge in [0, 0.05) is 0 Å². The highest BCUT2D eigenvalue weighted by atomic mass is 127. The minimum Gasteiger partial charge on any atom is -0.391 e. The summed E-state index contributed by atoms with van der Waals surface area (Å²) in [5.74, 6) is 0. The van der Waals surface area contributed by atoms with Crippen LogP contribution in [0.25, 0.3) is 0 Å². The Labute approximate surface area is 159 Å². The average Bonchev–Trinajstić information content (AvgIpc) is 2.35. The SMILES string of the molecule is CC(C)=CCC/C(C)=C/COC(O[Si](C)(C)C(C)(C)C)C(C)I. The maximum atomic E-state index is 6.43. The Bertz CT molecular complexity index is 402. The molecule has 0 fully saturated rings. The summed E-state index contributed by atoms with van der Waals surface area (Å²) in [6, 6.07) is 0. The maximum Gasteiger partial charge on any atom is 0.195 e. The van der Waals surface area contributed by atoms with E-state index < -0.39 is 8.32 Å². The van der Waals surface area contributed by atoms with E-state index in [1.165, 1.54) is 11.1 Å². The predicted molar refractivity (Wildman–Crippen MR) is 114 cm³/mol. The van der Waals surface area contributed by atoms with Crippen molar-refractivity contribution < 1.29 is 9.16 Å². The molecule has 0 aromatic rings. The monoisotopic (exact) mass is 452 g/mol. The number of alkyl halides is 1. The van der Waals surface area contributed by atoms with Crippen LogP contribution in [0, 0.1) is 0 Å². The Balaban J connectivity index is 4.54. The Morgan fingerprint density at radius 3 is 2.13 bits per heavy atom. The van der Waals surface area contributed by atoms with Crippen molar-refractivity contribution in [3.8, 4) is 0 Å². The predicted octanol–water partition coefficient (Wildman–Crippen LogP) is 6.87. The van der Waals surface area contributed by atoms with Crippen molar-refractivity contribution in [3.05, 3.63) is 23.3 Å². The molecule has 0 aromatic carbocycles. The van der Waals surface area contributed by atoms with Crippen LogP contribution in [0.1, 0.15) is 61.3 Å². The van der Waals surface area contributed by atoms with Gasteiger partial charge in [-0.3, -0.25) is 0 Å². The normalized spacial score (nSPS) is 16.2. The van der Waals surface area contributed by atoms with Gasteiger partial charge in [-0.1, -0.05) is 66.7 Å². The molecule has 0 radical (unpaired) electrons. The summed E-state index contributed by atoms with van der Waals surface area (Å²) < 4.78 is 12.8. The maximum absolute atomic E-state index is 6.43. The van der Waals surface area contributed by atoms with Gasteiger partial charge < -0.3 is 9.16 Å². The topological polar surface area (TPSA) is 18.5 Å². The van der Waals surface area contributed by atoms with Gasteiger partial charge in [-0.15, -0.1) is 0 Å². The molecule has 0 N–H and O–H groups in total. The lowest BCUT2D eigenvalue weighted by Crippen LogP contribution is -2.46. The van der Waals surface area contributed by atoms with E-state index in [4.69, 9.17) is 9.16 Å². The fraction of sp³-hybridized carbons (Fsp3) is 0.789. The van der Waals surface area contributed by atoms with Crippen molar-refractivity contribution in [2.45, 2.75) is 89.7 Å². The fourth-order valence-electron chi connectivity index (χ4n) is 1.70. The van der Waals surface area contributed by atoms with Crippen molar-refractivity contribution in [2.75, 3.05) is 6.61 Å². The van der Waals surface area contributed by atoms with Crippen molar-refractivity contribution in [2.24, 2.45) is 0 Å². The second-order valence-corrected chi connectivity index (χ2v) is 14.8. The molecule has 4 heteroatoms. The van der Waals surface area contributed by atoms with Crippen LogP contribution in [-0.4, -0.2) is 25.1 Å². The van der Waals surface area contributed by atoms with Crippen LogP contribution < -0.4 is 0 Å². The van der Waals surface area contributed by atoms with Crippen molar-refractivity contribution in [3.63, 3.8) is 0 Å². The zero-order valence-corrected chi connectivity index (χ0v) is 19.8. The molecule has 0 saturated carbocycles. The lowest BCUT2D eigenvalue weighted by Gasteiger charge is -2.39. The van der Waals surface area contributed by atoms with Crippen molar-refractivity contribution in [1.29, 1.82) is 0 Å². The third-order valence-electron chi connectivity index (χ3n) is 4.38. The Kier molecular flexibility index (Phi) is 10.5. The molecule has 2 unspecified atom stereocenters. The molecule has 0 saturated heterocycles. The van der Waals surface area contributed by atoms with Gasteiger partial charge in [0.15, 0.2) is 14.6 Å². The molecule has 136 valence electrons. The number of ether oxygens (including phenoxy) is 1. The molecule has 0 aliphatic heterocycles. The Morgan fingerprint density at radius 2 is 1.70 bits per heavy atom. The first kappa shape index (κ1) is 23.3. The third kappa shape index (κ3) is 10.0. The zero-order chi connectivity index (χ0) is 18.3. The molecule has 0 aliphatic rings. The molecule has 0 rings (SSSR count). The minimum atomic E-state index is -1.80. The van der Waals surface area contributed by atoms with E-state index in [2.05, 4.69) is 96.3 Å². The van der Waals surface area contributed by atoms with Crippen LogP contribution in [-0.2, 0) is 9.16 Å². The van der Waals surface area contributed by atoms with Gasteiger partial charge in [0.25, 0.3) is 0 Å². The highest BCUT2D eigenvalue weighted by molar-refractivity contribution is 14.1. The first-order chi connectivity index (χ1) is 10.4. The van der Waals surface area contributed by atoms with E-state index in [0.29, 0.717) is 10.5 Å². The van der Waals surface area contributed by atoms with Crippen LogP contribution in [0.3, 0.4) is 0 Å². The second kappa shape index (κ2) is 10.4. The van der Waals surface area contributed by atoms with E-state index in [1.807, 2.05) is 0 Å². The largest absolute Gasteiger partial charge is 0.391 e. The van der Waals surface area contributed by atoms with Gasteiger partial charge in [0.05, 0.1) is 10.5 Å². The van der Waals surface area contributed by atoms with E-state index in [9.17, 15) is 0 Å². The smallest absolute Gasteiger partial charge is 0.195 e. The summed E-state index contributed by atoms with van der Waals surface area (Å²) in [7, 11) is -1.80. The van der Waals surface area contributed by atoms with E-state index >= 15 is 0 Å². The average molecular weight is 452 g/mol. The minimum absolute atomic E-state index is 0.127. The second-order valence-electron chi connectivity index (χ2n) is 8.13. The standard InChI is InChI=1S/C19H37IO2Si/c1-15(2)11-10-12-16(3)13-14-21-18(17(4)20)22-23(8,9)19(5,6)7/h11,13,17-18H,10,12,14H2,1-9H3/b16-13+. The molecule has 2 nitrogen and oxygen atoms in total. The summed E-state index contributed by atoms with van der Waals surface area (Å²) in [5, 5.41) is 0.205. The first-order valence-electron chi connectivity index (χ1n) is 8.59. The van der Waals surface area contributed by atoms with Gasteiger partial charge in [-0.2, -0.15) is 0 Å².